The molecule has 1 aromatic rings. The maximum Gasteiger partial charge on any atom is 0.325 e. The highest BCUT2D eigenvalue weighted by Gasteiger charge is 2.17. The van der Waals surface area contributed by atoms with Crippen molar-refractivity contribution in [2.45, 2.75) is 33.2 Å². The molecule has 0 aromatic heterocycles. The van der Waals surface area contributed by atoms with E-state index >= 15 is 0 Å². The Morgan fingerprint density at radius 1 is 1.23 bits per heavy atom. The SMILES string of the molecule is CC(C)CC(=O)Nc1ccc(C(=O)NC(C)C(=O)O)cc1F. The second-order valence-electron chi connectivity index (χ2n) is 5.37. The van der Waals surface area contributed by atoms with E-state index in [2.05, 4.69) is 10.6 Å². The Kier molecular flexibility index (Phi) is 6.03. The number of aliphatic carboxylic acids is 1. The predicted molar refractivity (Wildman–Crippen MR) is 79.0 cm³/mol. The van der Waals surface area contributed by atoms with E-state index in [-0.39, 0.29) is 29.5 Å². The van der Waals surface area contributed by atoms with Gasteiger partial charge >= 0.3 is 5.97 Å². The number of amides is 2. The molecule has 3 N–H and O–H groups in total. The number of hydrogen-bond acceptors (Lipinski definition) is 3. The lowest BCUT2D eigenvalue weighted by atomic mass is 10.1. The Balaban J connectivity index is 2.79. The number of carboxylic acids is 1. The largest absolute Gasteiger partial charge is 0.480 e. The molecule has 1 atom stereocenters. The molecule has 0 saturated carbocycles. The topological polar surface area (TPSA) is 95.5 Å². The average Bonchev–Trinajstić information content (AvgIpc) is 2.39. The van der Waals surface area contributed by atoms with Crippen LogP contribution in [0, 0.1) is 11.7 Å². The highest BCUT2D eigenvalue weighted by molar-refractivity contribution is 5.97. The van der Waals surface area contributed by atoms with E-state index in [0.29, 0.717) is 0 Å². The lowest BCUT2D eigenvalue weighted by Gasteiger charge is -2.11. The molecule has 1 unspecified atom stereocenters. The van der Waals surface area contributed by atoms with Crippen LogP contribution < -0.4 is 10.6 Å². The Morgan fingerprint density at radius 3 is 2.36 bits per heavy atom. The Labute approximate surface area is 127 Å². The number of carbonyl (C=O) groups excluding carboxylic acids is 2. The maximum absolute atomic E-state index is 13.9. The van der Waals surface area contributed by atoms with Crippen LogP contribution in [0.1, 0.15) is 37.6 Å². The third-order valence-electron chi connectivity index (χ3n) is 2.82. The van der Waals surface area contributed by atoms with Gasteiger partial charge in [0.2, 0.25) is 5.91 Å². The standard InChI is InChI=1S/C15H19FN2O4/c1-8(2)6-13(19)18-12-5-4-10(7-11(12)16)14(20)17-9(3)15(21)22/h4-5,7-9H,6H2,1-3H3,(H,17,20)(H,18,19)(H,21,22). The molecular formula is C15H19FN2O4. The van der Waals surface area contributed by atoms with Crippen LogP contribution in [0.3, 0.4) is 0 Å². The normalized spacial score (nSPS) is 11.9. The van der Waals surface area contributed by atoms with Gasteiger partial charge in [0.1, 0.15) is 11.9 Å². The van der Waals surface area contributed by atoms with Gasteiger partial charge < -0.3 is 15.7 Å². The van der Waals surface area contributed by atoms with Crippen LogP contribution in [0.5, 0.6) is 0 Å². The van der Waals surface area contributed by atoms with Gasteiger partial charge in [-0.05, 0) is 31.0 Å². The van der Waals surface area contributed by atoms with Crippen molar-refractivity contribution >= 4 is 23.5 Å². The minimum atomic E-state index is -1.19. The zero-order chi connectivity index (χ0) is 16.9. The van der Waals surface area contributed by atoms with E-state index in [9.17, 15) is 18.8 Å². The lowest BCUT2D eigenvalue weighted by molar-refractivity contribution is -0.138. The molecule has 0 aliphatic rings. The number of carbonyl (C=O) groups is 3. The number of hydrogen-bond donors (Lipinski definition) is 3. The van der Waals surface area contributed by atoms with Crippen molar-refractivity contribution < 1.29 is 23.9 Å². The molecule has 0 radical (unpaired) electrons. The fourth-order valence-electron chi connectivity index (χ4n) is 1.67. The zero-order valence-electron chi connectivity index (χ0n) is 12.6. The molecule has 0 fully saturated rings. The molecule has 22 heavy (non-hydrogen) atoms. The van der Waals surface area contributed by atoms with Gasteiger partial charge in [0.15, 0.2) is 0 Å². The molecule has 7 heteroatoms. The molecule has 1 rings (SSSR count). The zero-order valence-corrected chi connectivity index (χ0v) is 12.6. The summed E-state index contributed by atoms with van der Waals surface area (Å²) in [6.45, 7) is 5.04. The van der Waals surface area contributed by atoms with Gasteiger partial charge in [0.25, 0.3) is 5.91 Å². The van der Waals surface area contributed by atoms with E-state index in [1.165, 1.54) is 19.1 Å². The third-order valence-corrected chi connectivity index (χ3v) is 2.82. The van der Waals surface area contributed by atoms with Crippen LogP contribution in [0.4, 0.5) is 10.1 Å². The lowest BCUT2D eigenvalue weighted by Crippen LogP contribution is -2.38. The Morgan fingerprint density at radius 2 is 1.86 bits per heavy atom. The van der Waals surface area contributed by atoms with Crippen LogP contribution >= 0.6 is 0 Å². The van der Waals surface area contributed by atoms with Gasteiger partial charge in [-0.25, -0.2) is 4.39 Å². The Hall–Kier alpha value is -2.44. The van der Waals surface area contributed by atoms with Crippen molar-refractivity contribution in [3.63, 3.8) is 0 Å². The summed E-state index contributed by atoms with van der Waals surface area (Å²) in [7, 11) is 0. The van der Waals surface area contributed by atoms with Crippen molar-refractivity contribution in [1.29, 1.82) is 0 Å². The first-order chi connectivity index (χ1) is 10.2. The molecular weight excluding hydrogens is 291 g/mol. The number of benzene rings is 1. The number of carboxylic acid groups (broad SMARTS) is 1. The van der Waals surface area contributed by atoms with Crippen LogP contribution in [-0.4, -0.2) is 28.9 Å². The number of halogens is 1. The summed E-state index contributed by atoms with van der Waals surface area (Å²) in [6, 6.07) is 2.46. The molecule has 120 valence electrons. The third kappa shape index (κ3) is 5.16. The number of rotatable bonds is 6. The van der Waals surface area contributed by atoms with E-state index in [4.69, 9.17) is 5.11 Å². The molecule has 1 aromatic carbocycles. The van der Waals surface area contributed by atoms with Gasteiger partial charge in [-0.3, -0.25) is 14.4 Å². The van der Waals surface area contributed by atoms with Crippen molar-refractivity contribution in [3.05, 3.63) is 29.6 Å². The summed E-state index contributed by atoms with van der Waals surface area (Å²) in [6.07, 6.45) is 0.262. The molecule has 0 heterocycles. The van der Waals surface area contributed by atoms with E-state index < -0.39 is 23.7 Å². The molecule has 0 aliphatic heterocycles. The van der Waals surface area contributed by atoms with Gasteiger partial charge in [-0.1, -0.05) is 13.8 Å². The average molecular weight is 310 g/mol. The first-order valence-electron chi connectivity index (χ1n) is 6.83. The highest BCUT2D eigenvalue weighted by Crippen LogP contribution is 2.17. The van der Waals surface area contributed by atoms with Gasteiger partial charge in [-0.15, -0.1) is 0 Å². The van der Waals surface area contributed by atoms with E-state index in [1.54, 1.807) is 0 Å². The molecule has 0 saturated heterocycles. The Bertz CT molecular complexity index is 587. The summed E-state index contributed by atoms with van der Waals surface area (Å²) in [5, 5.41) is 13.4. The summed E-state index contributed by atoms with van der Waals surface area (Å²) in [5.74, 6) is -2.82. The predicted octanol–water partition coefficient (Wildman–Crippen LogP) is 2.01. The monoisotopic (exact) mass is 310 g/mol. The van der Waals surface area contributed by atoms with Crippen LogP contribution in [0.15, 0.2) is 18.2 Å². The van der Waals surface area contributed by atoms with Crippen molar-refractivity contribution in [3.8, 4) is 0 Å². The highest BCUT2D eigenvalue weighted by atomic mass is 19.1. The van der Waals surface area contributed by atoms with Crippen molar-refractivity contribution in [1.82, 2.24) is 5.32 Å². The summed E-state index contributed by atoms with van der Waals surface area (Å²) in [5.41, 5.74) is -0.0408. The van der Waals surface area contributed by atoms with Crippen LogP contribution in [0.25, 0.3) is 0 Å². The second-order valence-corrected chi connectivity index (χ2v) is 5.37. The fourth-order valence-corrected chi connectivity index (χ4v) is 1.67. The van der Waals surface area contributed by atoms with Gasteiger partial charge in [-0.2, -0.15) is 0 Å². The van der Waals surface area contributed by atoms with Crippen LogP contribution in [0.2, 0.25) is 0 Å². The first kappa shape index (κ1) is 17.6. The number of nitrogens with one attached hydrogen (secondary N) is 2. The fraction of sp³-hybridized carbons (Fsp3) is 0.400. The van der Waals surface area contributed by atoms with Gasteiger partial charge in [0, 0.05) is 12.0 Å². The van der Waals surface area contributed by atoms with E-state index in [1.807, 2.05) is 13.8 Å². The van der Waals surface area contributed by atoms with Crippen LogP contribution in [-0.2, 0) is 9.59 Å². The number of anilines is 1. The quantitative estimate of drug-likeness (QED) is 0.749. The molecule has 2 amide bonds. The van der Waals surface area contributed by atoms with E-state index in [0.717, 1.165) is 6.07 Å². The second kappa shape index (κ2) is 7.53. The first-order valence-corrected chi connectivity index (χ1v) is 6.83. The maximum atomic E-state index is 13.9. The minimum Gasteiger partial charge on any atom is -0.480 e. The minimum absolute atomic E-state index is 0.0199. The molecule has 0 aliphatic carbocycles. The van der Waals surface area contributed by atoms with Gasteiger partial charge in [0.05, 0.1) is 5.69 Å². The smallest absolute Gasteiger partial charge is 0.325 e. The molecule has 6 nitrogen and oxygen atoms in total. The summed E-state index contributed by atoms with van der Waals surface area (Å²) in [4.78, 5) is 34.0. The summed E-state index contributed by atoms with van der Waals surface area (Å²) < 4.78 is 13.9. The summed E-state index contributed by atoms with van der Waals surface area (Å²) >= 11 is 0. The van der Waals surface area contributed by atoms with Crippen molar-refractivity contribution in [2.75, 3.05) is 5.32 Å². The molecule has 0 spiro atoms. The van der Waals surface area contributed by atoms with Crippen molar-refractivity contribution in [2.24, 2.45) is 5.92 Å². The molecule has 0 bridgehead atoms.